The Morgan fingerprint density at radius 2 is 1.90 bits per heavy atom. The summed E-state index contributed by atoms with van der Waals surface area (Å²) < 4.78 is 5.67. The van der Waals surface area contributed by atoms with Crippen LogP contribution >= 0.6 is 0 Å². The largest absolute Gasteiger partial charge is 0.391 e. The number of benzene rings is 1. The van der Waals surface area contributed by atoms with Crippen LogP contribution in [0.2, 0.25) is 0 Å². The van der Waals surface area contributed by atoms with E-state index in [1.165, 1.54) is 12.5 Å². The van der Waals surface area contributed by atoms with Crippen LogP contribution in [0.3, 0.4) is 0 Å². The minimum atomic E-state index is -0.588. The zero-order valence-electron chi connectivity index (χ0n) is 17.6. The molecule has 4 atom stereocenters. The number of rotatable bonds is 5. The summed E-state index contributed by atoms with van der Waals surface area (Å²) in [5.74, 6) is -0.0776. The summed E-state index contributed by atoms with van der Waals surface area (Å²) in [5, 5.41) is 13.9. The highest BCUT2D eigenvalue weighted by Crippen LogP contribution is 2.39. The fourth-order valence-electron chi connectivity index (χ4n) is 4.79. The van der Waals surface area contributed by atoms with Crippen molar-refractivity contribution >= 4 is 11.8 Å². The van der Waals surface area contributed by atoms with Crippen molar-refractivity contribution in [1.29, 1.82) is 0 Å². The molecule has 1 saturated carbocycles. The molecule has 0 aromatic heterocycles. The molecular formula is C23H34N2O4. The van der Waals surface area contributed by atoms with Gasteiger partial charge in [-0.05, 0) is 50.5 Å². The van der Waals surface area contributed by atoms with Gasteiger partial charge >= 0.3 is 0 Å². The topological polar surface area (TPSA) is 78.9 Å². The van der Waals surface area contributed by atoms with Crippen molar-refractivity contribution in [1.82, 2.24) is 10.2 Å². The molecule has 1 heterocycles. The summed E-state index contributed by atoms with van der Waals surface area (Å²) in [6, 6.07) is 9.97. The Balaban J connectivity index is 1.77. The van der Waals surface area contributed by atoms with Gasteiger partial charge in [0.25, 0.3) is 5.91 Å². The molecule has 0 bridgehead atoms. The number of nitrogens with zero attached hydrogens (tertiary/aromatic N) is 1. The highest BCUT2D eigenvalue weighted by atomic mass is 16.5. The number of hydrogen-bond acceptors (Lipinski definition) is 4. The molecule has 1 aromatic carbocycles. The van der Waals surface area contributed by atoms with Gasteiger partial charge in [-0.25, -0.2) is 0 Å². The highest BCUT2D eigenvalue weighted by molar-refractivity contribution is 5.81. The summed E-state index contributed by atoms with van der Waals surface area (Å²) in [7, 11) is 1.79. The van der Waals surface area contributed by atoms with Crippen LogP contribution < -0.4 is 5.32 Å². The Labute approximate surface area is 173 Å². The van der Waals surface area contributed by atoms with Crippen molar-refractivity contribution in [3.8, 4) is 0 Å². The number of carbonyl (C=O) groups is 2. The summed E-state index contributed by atoms with van der Waals surface area (Å²) in [4.78, 5) is 26.3. The van der Waals surface area contributed by atoms with Crippen molar-refractivity contribution < 1.29 is 19.4 Å². The van der Waals surface area contributed by atoms with E-state index in [1.54, 1.807) is 11.9 Å². The molecule has 1 saturated heterocycles. The van der Waals surface area contributed by atoms with Crippen LogP contribution in [0.1, 0.15) is 57.4 Å². The second kappa shape index (κ2) is 9.72. The van der Waals surface area contributed by atoms with E-state index in [2.05, 4.69) is 17.4 Å². The molecule has 1 aliphatic carbocycles. The zero-order valence-corrected chi connectivity index (χ0v) is 17.6. The lowest BCUT2D eigenvalue weighted by Gasteiger charge is -2.35. The van der Waals surface area contributed by atoms with E-state index in [0.717, 1.165) is 32.1 Å². The van der Waals surface area contributed by atoms with Crippen molar-refractivity contribution in [3.05, 3.63) is 35.9 Å². The van der Waals surface area contributed by atoms with Crippen LogP contribution in [0, 0.1) is 0 Å². The number of hydrogen-bond donors (Lipinski definition) is 2. The predicted molar refractivity (Wildman–Crippen MR) is 111 cm³/mol. The fourth-order valence-corrected chi connectivity index (χ4v) is 4.79. The van der Waals surface area contributed by atoms with E-state index >= 15 is 0 Å². The first kappa shape index (κ1) is 21.8. The second-order valence-electron chi connectivity index (χ2n) is 8.57. The third-order valence-electron chi connectivity index (χ3n) is 6.64. The average Bonchev–Trinajstić information content (AvgIpc) is 2.92. The third kappa shape index (κ3) is 5.17. The van der Waals surface area contributed by atoms with Gasteiger partial charge in [-0.3, -0.25) is 9.59 Å². The maximum absolute atomic E-state index is 12.9. The highest BCUT2D eigenvalue weighted by Gasteiger charge is 2.41. The SMILES string of the molecule is CC(=O)NC[C@]1(c2ccccc2)CC[C@H](O)[C@@H](N(C)C(=O)[C@@H]2CCCCO2)CC1. The maximum Gasteiger partial charge on any atom is 0.251 e. The van der Waals surface area contributed by atoms with Crippen LogP contribution in [-0.2, 0) is 19.7 Å². The normalized spacial score (nSPS) is 30.2. The van der Waals surface area contributed by atoms with E-state index < -0.39 is 6.10 Å². The van der Waals surface area contributed by atoms with Gasteiger partial charge in [0.15, 0.2) is 0 Å². The molecule has 0 radical (unpaired) electrons. The van der Waals surface area contributed by atoms with Crippen LogP contribution in [0.5, 0.6) is 0 Å². The first-order chi connectivity index (χ1) is 13.9. The number of carbonyl (C=O) groups excluding carboxylic acids is 2. The van der Waals surface area contributed by atoms with Gasteiger partial charge in [-0.1, -0.05) is 30.3 Å². The van der Waals surface area contributed by atoms with Gasteiger partial charge in [0.2, 0.25) is 5.91 Å². The van der Waals surface area contributed by atoms with Gasteiger partial charge in [-0.15, -0.1) is 0 Å². The minimum absolute atomic E-state index is 0.0252. The summed E-state index contributed by atoms with van der Waals surface area (Å²) >= 11 is 0. The Morgan fingerprint density at radius 1 is 1.17 bits per heavy atom. The van der Waals surface area contributed by atoms with Gasteiger partial charge in [0.05, 0.1) is 12.1 Å². The smallest absolute Gasteiger partial charge is 0.251 e. The van der Waals surface area contributed by atoms with Crippen LogP contribution in [0.25, 0.3) is 0 Å². The first-order valence-electron chi connectivity index (χ1n) is 10.8. The first-order valence-corrected chi connectivity index (χ1v) is 10.8. The molecule has 29 heavy (non-hydrogen) atoms. The van der Waals surface area contributed by atoms with Crippen LogP contribution in [0.15, 0.2) is 30.3 Å². The van der Waals surface area contributed by atoms with E-state index in [1.807, 2.05) is 18.2 Å². The maximum atomic E-state index is 12.9. The van der Waals surface area contributed by atoms with Crippen LogP contribution in [-0.4, -0.2) is 60.3 Å². The average molecular weight is 403 g/mol. The van der Waals surface area contributed by atoms with Crippen molar-refractivity contribution in [2.75, 3.05) is 20.2 Å². The minimum Gasteiger partial charge on any atom is -0.391 e. The number of amides is 2. The standard InChI is InChI=1S/C23H34N2O4/c1-17(26)24-16-23(18-8-4-3-5-9-18)13-11-19(20(27)12-14-23)25(2)22(28)21-10-6-7-15-29-21/h3-5,8-9,19-21,27H,6-7,10-16H2,1-2H3,(H,24,26)/t19-,20-,21-,23+/m0/s1. The van der Waals surface area contributed by atoms with Gasteiger partial charge in [0, 0.05) is 32.5 Å². The molecule has 1 aliphatic heterocycles. The van der Waals surface area contributed by atoms with Crippen molar-refractivity contribution in [2.24, 2.45) is 0 Å². The van der Waals surface area contributed by atoms with Gasteiger partial charge < -0.3 is 20.1 Å². The van der Waals surface area contributed by atoms with Crippen LogP contribution in [0.4, 0.5) is 0 Å². The molecule has 0 unspecified atom stereocenters. The molecule has 2 aliphatic rings. The number of aliphatic hydroxyl groups excluding tert-OH is 1. The molecule has 160 valence electrons. The zero-order chi connectivity index (χ0) is 20.9. The summed E-state index contributed by atoms with van der Waals surface area (Å²) in [5.41, 5.74) is 0.930. The summed E-state index contributed by atoms with van der Waals surface area (Å²) in [6.45, 7) is 2.70. The fraction of sp³-hybridized carbons (Fsp3) is 0.652. The van der Waals surface area contributed by atoms with Gasteiger partial charge in [-0.2, -0.15) is 0 Å². The lowest BCUT2D eigenvalue weighted by molar-refractivity contribution is -0.149. The van der Waals surface area contributed by atoms with Crippen molar-refractivity contribution in [3.63, 3.8) is 0 Å². The predicted octanol–water partition coefficient (Wildman–Crippen LogP) is 2.39. The second-order valence-corrected chi connectivity index (χ2v) is 8.57. The molecule has 1 aromatic rings. The number of aliphatic hydroxyl groups is 1. The van der Waals surface area contributed by atoms with Crippen molar-refractivity contribution in [2.45, 2.75) is 75.5 Å². The lowest BCUT2D eigenvalue weighted by Crippen LogP contribution is -2.49. The molecule has 2 fully saturated rings. The van der Waals surface area contributed by atoms with E-state index in [0.29, 0.717) is 26.0 Å². The Kier molecular flexibility index (Phi) is 7.30. The monoisotopic (exact) mass is 402 g/mol. The number of likely N-dealkylation sites (N-methyl/N-ethyl adjacent to an activating group) is 1. The quantitative estimate of drug-likeness (QED) is 0.742. The number of nitrogens with one attached hydrogen (secondary N) is 1. The molecule has 2 N–H and O–H groups in total. The number of ether oxygens (including phenoxy) is 1. The lowest BCUT2D eigenvalue weighted by atomic mass is 9.74. The van der Waals surface area contributed by atoms with E-state index in [4.69, 9.17) is 4.74 Å². The molecule has 0 spiro atoms. The Bertz CT molecular complexity index is 689. The van der Waals surface area contributed by atoms with E-state index in [-0.39, 0.29) is 29.4 Å². The van der Waals surface area contributed by atoms with E-state index in [9.17, 15) is 14.7 Å². The molecule has 3 rings (SSSR count). The Morgan fingerprint density at radius 3 is 2.55 bits per heavy atom. The molecule has 6 heteroatoms. The molecule has 6 nitrogen and oxygen atoms in total. The molecule has 2 amide bonds. The summed E-state index contributed by atoms with van der Waals surface area (Å²) in [6.07, 6.45) is 4.61. The molecular weight excluding hydrogens is 368 g/mol. The Hall–Kier alpha value is -1.92. The third-order valence-corrected chi connectivity index (χ3v) is 6.64. The van der Waals surface area contributed by atoms with Gasteiger partial charge in [0.1, 0.15) is 6.10 Å².